The summed E-state index contributed by atoms with van der Waals surface area (Å²) in [6, 6.07) is 7.09. The van der Waals surface area contributed by atoms with Gasteiger partial charge >= 0.3 is 5.97 Å². The van der Waals surface area contributed by atoms with Crippen molar-refractivity contribution in [2.75, 3.05) is 13.7 Å². The van der Waals surface area contributed by atoms with E-state index in [4.69, 9.17) is 22.1 Å². The van der Waals surface area contributed by atoms with E-state index >= 15 is 0 Å². The third-order valence-corrected chi connectivity index (χ3v) is 3.00. The molecule has 6 nitrogen and oxygen atoms in total. The summed E-state index contributed by atoms with van der Waals surface area (Å²) in [5.74, 6) is -0.859. The minimum absolute atomic E-state index is 0.0946. The molecule has 0 aliphatic carbocycles. The largest absolute Gasteiger partial charge is 0.497 e. The maximum atomic E-state index is 12.0. The first-order chi connectivity index (χ1) is 9.51. The Morgan fingerprint density at radius 1 is 1.45 bits per heavy atom. The van der Waals surface area contributed by atoms with Crippen LogP contribution in [0.15, 0.2) is 30.0 Å². The molecular formula is C13H12N2O4S. The maximum Gasteiger partial charge on any atom is 0.323 e. The average molecular weight is 292 g/mol. The number of carboxylic acids is 1. The van der Waals surface area contributed by atoms with Crippen LogP contribution in [0.4, 0.5) is 0 Å². The predicted octanol–water partition coefficient (Wildman–Crippen LogP) is 0.837. The molecule has 0 bridgehead atoms. The van der Waals surface area contributed by atoms with Crippen LogP contribution in [-0.4, -0.2) is 40.6 Å². The van der Waals surface area contributed by atoms with Crippen LogP contribution in [0, 0.1) is 0 Å². The van der Waals surface area contributed by atoms with Gasteiger partial charge in [0.15, 0.2) is 5.11 Å². The van der Waals surface area contributed by atoms with Gasteiger partial charge in [0.05, 0.1) is 7.11 Å². The van der Waals surface area contributed by atoms with Gasteiger partial charge in [0.2, 0.25) is 0 Å². The van der Waals surface area contributed by atoms with Crippen molar-refractivity contribution in [3.63, 3.8) is 0 Å². The number of nitrogens with zero attached hydrogens (tertiary/aromatic N) is 1. The monoisotopic (exact) mass is 292 g/mol. The fraction of sp³-hybridized carbons (Fsp3) is 0.154. The second-order valence-corrected chi connectivity index (χ2v) is 4.43. The molecule has 0 saturated carbocycles. The minimum atomic E-state index is -1.12. The number of benzene rings is 1. The number of methoxy groups -OCH3 is 1. The van der Waals surface area contributed by atoms with E-state index in [1.165, 1.54) is 0 Å². The van der Waals surface area contributed by atoms with Crippen LogP contribution in [-0.2, 0) is 9.59 Å². The molecule has 2 N–H and O–H groups in total. The molecular weight excluding hydrogens is 280 g/mol. The van der Waals surface area contributed by atoms with Crippen molar-refractivity contribution in [3.8, 4) is 5.75 Å². The molecule has 1 aliphatic rings. The molecule has 2 rings (SSSR count). The molecule has 0 unspecified atom stereocenters. The first-order valence-corrected chi connectivity index (χ1v) is 6.12. The van der Waals surface area contributed by atoms with Gasteiger partial charge in [0, 0.05) is 0 Å². The van der Waals surface area contributed by atoms with Gasteiger partial charge in [-0.15, -0.1) is 0 Å². The van der Waals surface area contributed by atoms with Gasteiger partial charge in [-0.2, -0.15) is 0 Å². The fourth-order valence-electron chi connectivity index (χ4n) is 1.72. The average Bonchev–Trinajstić information content (AvgIpc) is 2.67. The van der Waals surface area contributed by atoms with Crippen LogP contribution in [0.5, 0.6) is 5.75 Å². The van der Waals surface area contributed by atoms with Crippen LogP contribution in [0.2, 0.25) is 0 Å². The van der Waals surface area contributed by atoms with Crippen molar-refractivity contribution < 1.29 is 19.4 Å². The summed E-state index contributed by atoms with van der Waals surface area (Å²) in [5.41, 5.74) is 1.03. The van der Waals surface area contributed by atoms with Gasteiger partial charge in [-0.3, -0.25) is 14.5 Å². The lowest BCUT2D eigenvalue weighted by Gasteiger charge is -2.09. The molecule has 1 amide bonds. The lowest BCUT2D eigenvalue weighted by Crippen LogP contribution is -2.35. The van der Waals surface area contributed by atoms with E-state index in [0.29, 0.717) is 5.75 Å². The smallest absolute Gasteiger partial charge is 0.323 e. The molecule has 7 heteroatoms. The Morgan fingerprint density at radius 2 is 2.10 bits per heavy atom. The van der Waals surface area contributed by atoms with E-state index < -0.39 is 18.4 Å². The van der Waals surface area contributed by atoms with Crippen LogP contribution in [0.3, 0.4) is 0 Å². The molecule has 0 aromatic heterocycles. The van der Waals surface area contributed by atoms with E-state index in [0.717, 1.165) is 10.5 Å². The minimum Gasteiger partial charge on any atom is -0.497 e. The van der Waals surface area contributed by atoms with E-state index in [1.54, 1.807) is 37.5 Å². The summed E-state index contributed by atoms with van der Waals surface area (Å²) in [6.07, 6.45) is 1.61. The fourth-order valence-corrected chi connectivity index (χ4v) is 1.97. The topological polar surface area (TPSA) is 78.9 Å². The number of carboxylic acid groups (broad SMARTS) is 1. The van der Waals surface area contributed by atoms with Crippen molar-refractivity contribution in [1.82, 2.24) is 10.2 Å². The third kappa shape index (κ3) is 2.94. The Morgan fingerprint density at radius 3 is 2.65 bits per heavy atom. The number of rotatable bonds is 4. The van der Waals surface area contributed by atoms with Crippen molar-refractivity contribution in [1.29, 1.82) is 0 Å². The zero-order valence-electron chi connectivity index (χ0n) is 10.6. The Hall–Kier alpha value is -2.41. The van der Waals surface area contributed by atoms with Gasteiger partial charge in [0.25, 0.3) is 5.91 Å². The summed E-state index contributed by atoms with van der Waals surface area (Å²) >= 11 is 4.94. The van der Waals surface area contributed by atoms with E-state index in [2.05, 4.69) is 5.32 Å². The van der Waals surface area contributed by atoms with Crippen molar-refractivity contribution in [2.45, 2.75) is 0 Å². The van der Waals surface area contributed by atoms with E-state index in [9.17, 15) is 9.59 Å². The second-order valence-electron chi connectivity index (χ2n) is 4.05. The second kappa shape index (κ2) is 5.70. The van der Waals surface area contributed by atoms with Crippen LogP contribution < -0.4 is 10.1 Å². The first kappa shape index (κ1) is 14.0. The number of aliphatic carboxylic acids is 1. The number of amides is 1. The number of carbonyl (C=O) groups is 2. The lowest BCUT2D eigenvalue weighted by molar-refractivity contribution is -0.140. The lowest BCUT2D eigenvalue weighted by atomic mass is 10.2. The van der Waals surface area contributed by atoms with Crippen molar-refractivity contribution in [3.05, 3.63) is 35.5 Å². The summed E-state index contributed by atoms with van der Waals surface area (Å²) in [7, 11) is 1.57. The molecule has 1 aromatic carbocycles. The molecule has 1 aliphatic heterocycles. The van der Waals surface area contributed by atoms with Gasteiger partial charge in [-0.05, 0) is 36.0 Å². The quantitative estimate of drug-likeness (QED) is 0.632. The Balaban J connectivity index is 2.20. The third-order valence-electron chi connectivity index (χ3n) is 2.68. The number of ether oxygens (including phenoxy) is 1. The van der Waals surface area contributed by atoms with E-state index in [1.807, 2.05) is 0 Å². The molecule has 0 atom stereocenters. The maximum absolute atomic E-state index is 12.0. The molecule has 1 heterocycles. The highest BCUT2D eigenvalue weighted by Crippen LogP contribution is 2.16. The summed E-state index contributed by atoms with van der Waals surface area (Å²) < 4.78 is 5.04. The zero-order chi connectivity index (χ0) is 14.7. The number of hydrogen-bond acceptors (Lipinski definition) is 4. The number of nitrogens with one attached hydrogen (secondary N) is 1. The number of carbonyl (C=O) groups excluding carboxylic acids is 1. The number of hydrogen-bond donors (Lipinski definition) is 2. The summed E-state index contributed by atoms with van der Waals surface area (Å²) in [5, 5.41) is 11.5. The van der Waals surface area contributed by atoms with Crippen LogP contribution >= 0.6 is 12.2 Å². The predicted molar refractivity (Wildman–Crippen MR) is 76.1 cm³/mol. The SMILES string of the molecule is COc1ccc(/C=C2/NC(=S)N(CC(=O)O)C2=O)cc1. The van der Waals surface area contributed by atoms with Crippen molar-refractivity contribution >= 4 is 35.3 Å². The van der Waals surface area contributed by atoms with Gasteiger partial charge in [0.1, 0.15) is 18.0 Å². The normalized spacial score (nSPS) is 16.4. The van der Waals surface area contributed by atoms with Crippen LogP contribution in [0.1, 0.15) is 5.56 Å². The molecule has 1 aromatic rings. The summed E-state index contributed by atoms with van der Waals surface area (Å²) in [4.78, 5) is 23.7. The van der Waals surface area contributed by atoms with Gasteiger partial charge in [-0.25, -0.2) is 0 Å². The molecule has 1 fully saturated rings. The first-order valence-electron chi connectivity index (χ1n) is 5.71. The summed E-state index contributed by atoms with van der Waals surface area (Å²) in [6.45, 7) is -0.454. The standard InChI is InChI=1S/C13H12N2O4S/c1-19-9-4-2-8(3-5-9)6-10-12(18)15(7-11(16)17)13(20)14-10/h2-6H,7H2,1H3,(H,14,20)(H,16,17)/b10-6+. The van der Waals surface area contributed by atoms with Crippen LogP contribution in [0.25, 0.3) is 6.08 Å². The highest BCUT2D eigenvalue weighted by molar-refractivity contribution is 7.80. The highest BCUT2D eigenvalue weighted by Gasteiger charge is 2.31. The molecule has 104 valence electrons. The van der Waals surface area contributed by atoms with E-state index in [-0.39, 0.29) is 10.8 Å². The number of thiocarbonyl (C=S) groups is 1. The van der Waals surface area contributed by atoms with Crippen molar-refractivity contribution in [2.24, 2.45) is 0 Å². The molecule has 0 spiro atoms. The van der Waals surface area contributed by atoms with Gasteiger partial charge < -0.3 is 15.2 Å². The Bertz CT molecular complexity index is 595. The molecule has 1 saturated heterocycles. The zero-order valence-corrected chi connectivity index (χ0v) is 11.4. The Kier molecular flexibility index (Phi) is 3.99. The highest BCUT2D eigenvalue weighted by atomic mass is 32.1. The Labute approximate surface area is 120 Å². The van der Waals surface area contributed by atoms with Gasteiger partial charge in [-0.1, -0.05) is 12.1 Å². The molecule has 20 heavy (non-hydrogen) atoms. The molecule has 0 radical (unpaired) electrons.